The first-order valence-electron chi connectivity index (χ1n) is 7.71. The minimum Gasteiger partial charge on any atom is -0.494 e. The molecule has 0 spiro atoms. The highest BCUT2D eigenvalue weighted by molar-refractivity contribution is 7.89. The molecule has 6 nitrogen and oxygen atoms in total. The highest BCUT2D eigenvalue weighted by Crippen LogP contribution is 2.25. The summed E-state index contributed by atoms with van der Waals surface area (Å²) >= 11 is 0. The zero-order valence-corrected chi connectivity index (χ0v) is 14.5. The first-order valence-corrected chi connectivity index (χ1v) is 9.15. The van der Waals surface area contributed by atoms with Gasteiger partial charge in [0.25, 0.3) is 0 Å². The third-order valence-corrected chi connectivity index (χ3v) is 6.20. The largest absolute Gasteiger partial charge is 0.494 e. The quantitative estimate of drug-likeness (QED) is 0.824. The first-order chi connectivity index (χ1) is 11.4. The summed E-state index contributed by atoms with van der Waals surface area (Å²) in [5.74, 6) is 0.577. The number of hydrogen-bond donors (Lipinski definition) is 0. The zero-order valence-electron chi connectivity index (χ0n) is 13.6. The van der Waals surface area contributed by atoms with Crippen molar-refractivity contribution < 1.29 is 17.5 Å². The van der Waals surface area contributed by atoms with Crippen molar-refractivity contribution >= 4 is 10.0 Å². The van der Waals surface area contributed by atoms with Crippen LogP contribution < -0.4 is 4.74 Å². The summed E-state index contributed by atoms with van der Waals surface area (Å²) in [6.07, 6.45) is 5.39. The fourth-order valence-corrected chi connectivity index (χ4v) is 4.29. The second kappa shape index (κ2) is 6.52. The van der Waals surface area contributed by atoms with Crippen LogP contribution in [0.3, 0.4) is 0 Å². The van der Waals surface area contributed by atoms with E-state index in [1.807, 2.05) is 6.20 Å². The number of rotatable bonds is 5. The van der Waals surface area contributed by atoms with Gasteiger partial charge in [0, 0.05) is 39.0 Å². The molecule has 1 aromatic heterocycles. The summed E-state index contributed by atoms with van der Waals surface area (Å²) in [5.41, 5.74) is 0. The van der Waals surface area contributed by atoms with Crippen molar-refractivity contribution in [3.05, 3.63) is 42.2 Å². The van der Waals surface area contributed by atoms with Gasteiger partial charge in [-0.15, -0.1) is 0 Å². The molecule has 130 valence electrons. The van der Waals surface area contributed by atoms with E-state index < -0.39 is 15.8 Å². The van der Waals surface area contributed by atoms with E-state index in [1.165, 1.54) is 30.6 Å². The maximum atomic E-state index is 13.8. The molecule has 0 bridgehead atoms. The molecule has 8 heteroatoms. The molecule has 0 fully saturated rings. The molecule has 0 amide bonds. The molecule has 2 aromatic rings. The van der Waals surface area contributed by atoms with Crippen LogP contribution >= 0.6 is 0 Å². The number of aryl methyl sites for hydroxylation is 1. The number of methoxy groups -OCH3 is 1. The van der Waals surface area contributed by atoms with E-state index in [2.05, 4.69) is 9.55 Å². The lowest BCUT2D eigenvalue weighted by atomic mass is 10.00. The fourth-order valence-electron chi connectivity index (χ4n) is 3.04. The third kappa shape index (κ3) is 3.16. The number of benzene rings is 1. The standard InChI is InChI=1S/C16H20FN3O3S/c1-19(10-12-3-6-16-18-7-8-20(16)11-12)24(21,22)13-4-5-15(23-2)14(17)9-13/h4-5,7-9,12H,3,6,10-11H2,1-2H3/t12-/m1/s1. The molecule has 1 aliphatic heterocycles. The van der Waals surface area contributed by atoms with Crippen molar-refractivity contribution in [1.29, 1.82) is 0 Å². The molecule has 1 aromatic carbocycles. The number of sulfonamides is 1. The normalized spacial score (nSPS) is 17.8. The van der Waals surface area contributed by atoms with E-state index >= 15 is 0 Å². The Hall–Kier alpha value is -1.93. The van der Waals surface area contributed by atoms with Crippen LogP contribution in [-0.4, -0.2) is 43.0 Å². The van der Waals surface area contributed by atoms with Crippen molar-refractivity contribution in [2.75, 3.05) is 20.7 Å². The highest BCUT2D eigenvalue weighted by atomic mass is 32.2. The Morgan fingerprint density at radius 3 is 2.96 bits per heavy atom. The molecule has 0 saturated heterocycles. The van der Waals surface area contributed by atoms with Crippen LogP contribution in [0, 0.1) is 11.7 Å². The van der Waals surface area contributed by atoms with Crippen LogP contribution in [0.25, 0.3) is 0 Å². The minimum absolute atomic E-state index is 0.0246. The lowest BCUT2D eigenvalue weighted by Gasteiger charge is -2.27. The molecule has 0 saturated carbocycles. The van der Waals surface area contributed by atoms with Gasteiger partial charge in [-0.25, -0.2) is 22.1 Å². The Morgan fingerprint density at radius 1 is 1.46 bits per heavy atom. The lowest BCUT2D eigenvalue weighted by Crippen LogP contribution is -2.35. The number of imidazole rings is 1. The van der Waals surface area contributed by atoms with Crippen molar-refractivity contribution in [2.45, 2.75) is 24.3 Å². The molecule has 0 unspecified atom stereocenters. The number of fused-ring (bicyclic) bond motifs is 1. The summed E-state index contributed by atoms with van der Waals surface area (Å²) < 4.78 is 47.3. The second-order valence-corrected chi connectivity index (χ2v) is 8.03. The van der Waals surface area contributed by atoms with E-state index in [0.717, 1.165) is 31.3 Å². The molecule has 0 radical (unpaired) electrons. The Labute approximate surface area is 140 Å². The van der Waals surface area contributed by atoms with Crippen LogP contribution in [0.4, 0.5) is 4.39 Å². The van der Waals surface area contributed by atoms with Gasteiger partial charge < -0.3 is 9.30 Å². The molecular formula is C16H20FN3O3S. The van der Waals surface area contributed by atoms with E-state index in [0.29, 0.717) is 6.54 Å². The summed E-state index contributed by atoms with van der Waals surface area (Å²) in [7, 11) is -0.869. The maximum Gasteiger partial charge on any atom is 0.242 e. The SMILES string of the molecule is COc1ccc(S(=O)(=O)N(C)C[C@H]2CCc3nccn3C2)cc1F. The molecule has 1 atom stereocenters. The molecule has 0 N–H and O–H groups in total. The van der Waals surface area contributed by atoms with E-state index in [1.54, 1.807) is 6.20 Å². The average molecular weight is 353 g/mol. The number of halogens is 1. The van der Waals surface area contributed by atoms with Crippen molar-refractivity contribution in [3.8, 4) is 5.75 Å². The molecule has 0 aliphatic carbocycles. The smallest absolute Gasteiger partial charge is 0.242 e. The number of aromatic nitrogens is 2. The Morgan fingerprint density at radius 2 is 2.25 bits per heavy atom. The van der Waals surface area contributed by atoms with Gasteiger partial charge in [-0.2, -0.15) is 0 Å². The van der Waals surface area contributed by atoms with Gasteiger partial charge in [0.05, 0.1) is 12.0 Å². The highest BCUT2D eigenvalue weighted by Gasteiger charge is 2.27. The van der Waals surface area contributed by atoms with Crippen LogP contribution in [0.5, 0.6) is 5.75 Å². The summed E-state index contributed by atoms with van der Waals surface area (Å²) in [4.78, 5) is 4.20. The van der Waals surface area contributed by atoms with Gasteiger partial charge in [-0.05, 0) is 30.5 Å². The van der Waals surface area contributed by atoms with E-state index in [-0.39, 0.29) is 16.6 Å². The predicted molar refractivity (Wildman–Crippen MR) is 86.8 cm³/mol. The van der Waals surface area contributed by atoms with Gasteiger partial charge in [-0.3, -0.25) is 0 Å². The molecule has 3 rings (SSSR count). The summed E-state index contributed by atoms with van der Waals surface area (Å²) in [5, 5.41) is 0. The number of ether oxygens (including phenoxy) is 1. The van der Waals surface area contributed by atoms with Gasteiger partial charge >= 0.3 is 0 Å². The van der Waals surface area contributed by atoms with Crippen molar-refractivity contribution in [3.63, 3.8) is 0 Å². The topological polar surface area (TPSA) is 64.4 Å². The molecule has 1 aliphatic rings. The van der Waals surface area contributed by atoms with Gasteiger partial charge in [0.1, 0.15) is 5.82 Å². The average Bonchev–Trinajstić information content (AvgIpc) is 3.02. The summed E-state index contributed by atoms with van der Waals surface area (Å²) in [6.45, 7) is 1.12. The Bertz CT molecular complexity index is 835. The van der Waals surface area contributed by atoms with Crippen LogP contribution in [0.2, 0.25) is 0 Å². The monoisotopic (exact) mass is 353 g/mol. The molecule has 24 heavy (non-hydrogen) atoms. The van der Waals surface area contributed by atoms with Crippen LogP contribution in [0.15, 0.2) is 35.5 Å². The van der Waals surface area contributed by atoms with E-state index in [9.17, 15) is 12.8 Å². The number of nitrogens with zero attached hydrogens (tertiary/aromatic N) is 3. The Kier molecular flexibility index (Phi) is 4.60. The number of hydrogen-bond acceptors (Lipinski definition) is 4. The predicted octanol–water partition coefficient (Wildman–Crippen LogP) is 1.91. The first kappa shape index (κ1) is 16.9. The van der Waals surface area contributed by atoms with Crippen molar-refractivity contribution in [1.82, 2.24) is 13.9 Å². The minimum atomic E-state index is -3.74. The summed E-state index contributed by atoms with van der Waals surface area (Å²) in [6, 6.07) is 3.69. The molecular weight excluding hydrogens is 333 g/mol. The van der Waals surface area contributed by atoms with E-state index in [4.69, 9.17) is 4.74 Å². The second-order valence-electron chi connectivity index (χ2n) is 5.98. The van der Waals surface area contributed by atoms with Crippen LogP contribution in [0.1, 0.15) is 12.2 Å². The van der Waals surface area contributed by atoms with Crippen molar-refractivity contribution in [2.24, 2.45) is 5.92 Å². The third-order valence-electron chi connectivity index (χ3n) is 4.38. The molecule has 2 heterocycles. The van der Waals surface area contributed by atoms with Gasteiger partial charge in [0.2, 0.25) is 10.0 Å². The lowest BCUT2D eigenvalue weighted by molar-refractivity contribution is 0.303. The fraction of sp³-hybridized carbons (Fsp3) is 0.438. The Balaban J connectivity index is 1.74. The van der Waals surface area contributed by atoms with Crippen LogP contribution in [-0.2, 0) is 23.0 Å². The van der Waals surface area contributed by atoms with Gasteiger partial charge in [0.15, 0.2) is 11.6 Å². The van der Waals surface area contributed by atoms with Gasteiger partial charge in [-0.1, -0.05) is 0 Å². The zero-order chi connectivity index (χ0) is 17.3. The maximum absolute atomic E-state index is 13.8.